The second-order valence-corrected chi connectivity index (χ2v) is 5.91. The number of nitrogens with zero attached hydrogens (tertiary/aromatic N) is 1. The van der Waals surface area contributed by atoms with Crippen molar-refractivity contribution in [3.63, 3.8) is 0 Å². The zero-order valence-corrected chi connectivity index (χ0v) is 14.3. The normalized spacial score (nSPS) is 13.1. The van der Waals surface area contributed by atoms with Gasteiger partial charge in [-0.2, -0.15) is 5.26 Å². The van der Waals surface area contributed by atoms with Crippen LogP contribution >= 0.6 is 0 Å². The first-order valence-electron chi connectivity index (χ1n) is 8.22. The molecule has 1 aliphatic carbocycles. The highest BCUT2D eigenvalue weighted by atomic mass is 16.6. The van der Waals surface area contributed by atoms with Crippen molar-refractivity contribution >= 4 is 12.1 Å². The number of nitriles is 1. The summed E-state index contributed by atoms with van der Waals surface area (Å²) < 4.78 is 9.92. The van der Waals surface area contributed by atoms with Crippen molar-refractivity contribution in [3.05, 3.63) is 59.7 Å². The summed E-state index contributed by atoms with van der Waals surface area (Å²) in [6.07, 6.45) is -0.936. The van der Waals surface area contributed by atoms with E-state index in [1.807, 2.05) is 42.5 Å². The van der Waals surface area contributed by atoms with Gasteiger partial charge in [0.25, 0.3) is 0 Å². The second kappa shape index (κ2) is 7.70. The highest BCUT2D eigenvalue weighted by molar-refractivity contribution is 5.82. The number of fused-ring (bicyclic) bond motifs is 3. The molecule has 0 radical (unpaired) electrons. The molecule has 6 heteroatoms. The smallest absolute Gasteiger partial charge is 0.407 e. The molecule has 1 atom stereocenters. The molecular formula is C20H18N2O4. The van der Waals surface area contributed by atoms with Gasteiger partial charge in [0, 0.05) is 5.92 Å². The van der Waals surface area contributed by atoms with Crippen LogP contribution in [0.1, 0.15) is 23.5 Å². The molecule has 6 nitrogen and oxygen atoms in total. The summed E-state index contributed by atoms with van der Waals surface area (Å²) in [6.45, 7) is 0.139. The number of rotatable bonds is 5. The first-order chi connectivity index (χ1) is 12.7. The summed E-state index contributed by atoms with van der Waals surface area (Å²) in [5.41, 5.74) is 4.47. The minimum Gasteiger partial charge on any atom is -0.467 e. The first-order valence-corrected chi connectivity index (χ1v) is 8.22. The SMILES string of the molecule is COC(=O)C(CC#N)NC(=O)OCC1c2ccccc2-c2ccccc21. The molecule has 0 fully saturated rings. The summed E-state index contributed by atoms with van der Waals surface area (Å²) >= 11 is 0. The van der Waals surface area contributed by atoms with Crippen molar-refractivity contribution in [1.82, 2.24) is 5.32 Å². The molecule has 2 aromatic rings. The lowest BCUT2D eigenvalue weighted by Crippen LogP contribution is -2.41. The quantitative estimate of drug-likeness (QED) is 0.838. The van der Waals surface area contributed by atoms with Crippen molar-refractivity contribution in [3.8, 4) is 17.2 Å². The predicted octanol–water partition coefficient (Wildman–Crippen LogP) is 2.98. The van der Waals surface area contributed by atoms with Gasteiger partial charge in [-0.1, -0.05) is 48.5 Å². The van der Waals surface area contributed by atoms with Crippen LogP contribution in [0.4, 0.5) is 4.79 Å². The molecule has 0 saturated heterocycles. The molecule has 0 aromatic heterocycles. The molecule has 3 rings (SSSR count). The van der Waals surface area contributed by atoms with Crippen molar-refractivity contribution in [1.29, 1.82) is 5.26 Å². The van der Waals surface area contributed by atoms with Gasteiger partial charge in [-0.25, -0.2) is 9.59 Å². The maximum absolute atomic E-state index is 12.1. The van der Waals surface area contributed by atoms with E-state index in [1.54, 1.807) is 0 Å². The van der Waals surface area contributed by atoms with E-state index in [-0.39, 0.29) is 18.9 Å². The number of hydrogen-bond acceptors (Lipinski definition) is 5. The minimum atomic E-state index is -1.04. The zero-order chi connectivity index (χ0) is 18.5. The molecule has 2 aromatic carbocycles. The molecular weight excluding hydrogens is 332 g/mol. The lowest BCUT2D eigenvalue weighted by Gasteiger charge is -2.17. The number of esters is 1. The van der Waals surface area contributed by atoms with E-state index in [9.17, 15) is 9.59 Å². The number of amides is 1. The fraction of sp³-hybridized carbons (Fsp3) is 0.250. The predicted molar refractivity (Wildman–Crippen MR) is 94.2 cm³/mol. The van der Waals surface area contributed by atoms with E-state index in [0.717, 1.165) is 22.3 Å². The summed E-state index contributed by atoms with van der Waals surface area (Å²) in [7, 11) is 1.20. The third kappa shape index (κ3) is 3.38. The number of nitrogens with one attached hydrogen (secondary N) is 1. The van der Waals surface area contributed by atoms with Gasteiger partial charge < -0.3 is 14.8 Å². The molecule has 0 spiro atoms. The van der Waals surface area contributed by atoms with Crippen LogP contribution in [-0.4, -0.2) is 31.8 Å². The van der Waals surface area contributed by atoms with E-state index >= 15 is 0 Å². The maximum atomic E-state index is 12.1. The van der Waals surface area contributed by atoms with E-state index in [1.165, 1.54) is 7.11 Å². The van der Waals surface area contributed by atoms with Gasteiger partial charge in [-0.15, -0.1) is 0 Å². The Hall–Kier alpha value is -3.33. The molecule has 1 N–H and O–H groups in total. The van der Waals surface area contributed by atoms with E-state index in [0.29, 0.717) is 0 Å². The van der Waals surface area contributed by atoms with Crippen LogP contribution in [0.15, 0.2) is 48.5 Å². The minimum absolute atomic E-state index is 0.0688. The second-order valence-electron chi connectivity index (χ2n) is 5.91. The van der Waals surface area contributed by atoms with Gasteiger partial charge in [0.05, 0.1) is 19.6 Å². The summed E-state index contributed by atoms with van der Waals surface area (Å²) in [5.74, 6) is -0.749. The number of hydrogen-bond donors (Lipinski definition) is 1. The number of ether oxygens (including phenoxy) is 2. The molecule has 1 amide bonds. The van der Waals surface area contributed by atoms with E-state index in [4.69, 9.17) is 10.00 Å². The fourth-order valence-electron chi connectivity index (χ4n) is 3.21. The highest BCUT2D eigenvalue weighted by Gasteiger charge is 2.29. The Bertz CT molecular complexity index is 827. The van der Waals surface area contributed by atoms with Gasteiger partial charge in [0.15, 0.2) is 0 Å². The maximum Gasteiger partial charge on any atom is 0.407 e. The van der Waals surface area contributed by atoms with Gasteiger partial charge in [-0.05, 0) is 22.3 Å². The van der Waals surface area contributed by atoms with Gasteiger partial charge >= 0.3 is 12.1 Å². The Labute approximate surface area is 151 Å². The number of benzene rings is 2. The molecule has 1 aliphatic rings. The summed E-state index contributed by atoms with van der Waals surface area (Å²) in [6, 6.07) is 16.8. The van der Waals surface area contributed by atoms with Crippen LogP contribution in [0.5, 0.6) is 0 Å². The van der Waals surface area contributed by atoms with Crippen LogP contribution in [0.25, 0.3) is 11.1 Å². The third-order valence-corrected chi connectivity index (χ3v) is 4.42. The number of carbonyl (C=O) groups excluding carboxylic acids is 2. The number of carbonyl (C=O) groups is 2. The highest BCUT2D eigenvalue weighted by Crippen LogP contribution is 2.44. The lowest BCUT2D eigenvalue weighted by atomic mass is 9.98. The van der Waals surface area contributed by atoms with Crippen LogP contribution in [0, 0.1) is 11.3 Å². The zero-order valence-electron chi connectivity index (χ0n) is 14.3. The van der Waals surface area contributed by atoms with Gasteiger partial charge in [0.2, 0.25) is 0 Å². The number of alkyl carbamates (subject to hydrolysis) is 1. The molecule has 26 heavy (non-hydrogen) atoms. The van der Waals surface area contributed by atoms with Crippen LogP contribution in [-0.2, 0) is 14.3 Å². The van der Waals surface area contributed by atoms with Gasteiger partial charge in [0.1, 0.15) is 12.6 Å². The van der Waals surface area contributed by atoms with Crippen molar-refractivity contribution in [2.75, 3.05) is 13.7 Å². The third-order valence-electron chi connectivity index (χ3n) is 4.42. The molecule has 0 bridgehead atoms. The fourth-order valence-corrected chi connectivity index (χ4v) is 3.21. The Balaban J connectivity index is 1.71. The molecule has 0 aliphatic heterocycles. The van der Waals surface area contributed by atoms with E-state index in [2.05, 4.69) is 22.2 Å². The van der Waals surface area contributed by atoms with Crippen molar-refractivity contribution < 1.29 is 19.1 Å². The Kier molecular flexibility index (Phi) is 5.18. The largest absolute Gasteiger partial charge is 0.467 e. The lowest BCUT2D eigenvalue weighted by molar-refractivity contribution is -0.142. The van der Waals surface area contributed by atoms with E-state index < -0.39 is 18.1 Å². The molecule has 0 saturated carbocycles. The van der Waals surface area contributed by atoms with Crippen LogP contribution < -0.4 is 5.32 Å². The van der Waals surface area contributed by atoms with Crippen LogP contribution in [0.2, 0.25) is 0 Å². The topological polar surface area (TPSA) is 88.4 Å². The Morgan fingerprint density at radius 3 is 2.23 bits per heavy atom. The van der Waals surface area contributed by atoms with Crippen molar-refractivity contribution in [2.45, 2.75) is 18.4 Å². The van der Waals surface area contributed by atoms with Gasteiger partial charge in [-0.3, -0.25) is 0 Å². The Morgan fingerprint density at radius 1 is 1.12 bits per heavy atom. The molecule has 0 heterocycles. The average molecular weight is 350 g/mol. The first kappa shape index (κ1) is 17.5. The van der Waals surface area contributed by atoms with Crippen molar-refractivity contribution in [2.24, 2.45) is 0 Å². The molecule has 1 unspecified atom stereocenters. The monoisotopic (exact) mass is 350 g/mol. The standard InChI is InChI=1S/C20H18N2O4/c1-25-19(23)18(10-11-21)22-20(24)26-12-17-15-8-4-2-6-13(15)14-7-3-5-9-16(14)17/h2-9,17-18H,10,12H2,1H3,(H,22,24). The van der Waals surface area contributed by atoms with Crippen LogP contribution in [0.3, 0.4) is 0 Å². The summed E-state index contributed by atoms with van der Waals surface area (Å²) in [4.78, 5) is 23.7. The Morgan fingerprint density at radius 2 is 1.69 bits per heavy atom. The summed E-state index contributed by atoms with van der Waals surface area (Å²) in [5, 5.41) is 11.1. The average Bonchev–Trinajstić information content (AvgIpc) is 2.99. The number of methoxy groups -OCH3 is 1. The molecule has 132 valence electrons.